The van der Waals surface area contributed by atoms with Crippen molar-refractivity contribution in [1.29, 1.82) is 0 Å². The predicted molar refractivity (Wildman–Crippen MR) is 39.5 cm³/mol. The molecule has 12 heavy (non-hydrogen) atoms. The summed E-state index contributed by atoms with van der Waals surface area (Å²) in [7, 11) is 0. The van der Waals surface area contributed by atoms with Crippen molar-refractivity contribution in [3.05, 3.63) is 0 Å². The highest BCUT2D eigenvalue weighted by Gasteiger charge is 2.27. The van der Waals surface area contributed by atoms with Crippen LogP contribution in [0.2, 0.25) is 0 Å². The van der Waals surface area contributed by atoms with Gasteiger partial charge in [0.05, 0.1) is 6.61 Å². The number of ether oxygens (including phenoxy) is 1. The Morgan fingerprint density at radius 2 is 2.33 bits per heavy atom. The second-order valence-corrected chi connectivity index (χ2v) is 2.85. The van der Waals surface area contributed by atoms with E-state index in [1.807, 2.05) is 0 Å². The topological polar surface area (TPSA) is 41.5 Å². The van der Waals surface area contributed by atoms with Gasteiger partial charge in [0.25, 0.3) is 0 Å². The Labute approximate surface area is 69.7 Å². The molecule has 0 aromatic carbocycles. The Balaban J connectivity index is 2.13. The lowest BCUT2D eigenvalue weighted by Crippen LogP contribution is -2.29. The zero-order valence-corrected chi connectivity index (χ0v) is 6.67. The number of aliphatic hydroxyl groups excluding tert-OH is 1. The quantitative estimate of drug-likeness (QED) is 0.622. The molecule has 1 heterocycles. The van der Waals surface area contributed by atoms with E-state index in [4.69, 9.17) is 9.84 Å². The highest BCUT2D eigenvalue weighted by atomic mass is 19.1. The number of halogens is 2. The van der Waals surface area contributed by atoms with Gasteiger partial charge in [-0.05, 0) is 0 Å². The zero-order valence-electron chi connectivity index (χ0n) is 6.67. The molecule has 5 heteroatoms. The van der Waals surface area contributed by atoms with Gasteiger partial charge in [-0.2, -0.15) is 0 Å². The van der Waals surface area contributed by atoms with Crippen LogP contribution >= 0.6 is 0 Å². The molecule has 1 fully saturated rings. The van der Waals surface area contributed by atoms with Crippen molar-refractivity contribution in [2.45, 2.75) is 18.4 Å². The fourth-order valence-corrected chi connectivity index (χ4v) is 1.07. The second-order valence-electron chi connectivity index (χ2n) is 2.85. The average molecular weight is 181 g/mol. The molecule has 0 saturated carbocycles. The van der Waals surface area contributed by atoms with Gasteiger partial charge in [0.1, 0.15) is 25.1 Å². The molecule has 3 unspecified atom stereocenters. The fraction of sp³-hybridized carbons (Fsp3) is 1.00. The molecule has 0 aromatic rings. The summed E-state index contributed by atoms with van der Waals surface area (Å²) in [5.41, 5.74) is 0. The van der Waals surface area contributed by atoms with Crippen molar-refractivity contribution in [3.8, 4) is 0 Å². The minimum absolute atomic E-state index is 0.136. The van der Waals surface area contributed by atoms with Gasteiger partial charge in [-0.25, -0.2) is 8.78 Å². The second kappa shape index (κ2) is 4.69. The molecule has 0 amide bonds. The van der Waals surface area contributed by atoms with Crippen LogP contribution in [0.25, 0.3) is 0 Å². The van der Waals surface area contributed by atoms with E-state index in [-0.39, 0.29) is 13.2 Å². The van der Waals surface area contributed by atoms with Gasteiger partial charge in [-0.15, -0.1) is 0 Å². The lowest BCUT2D eigenvalue weighted by molar-refractivity contribution is -0.0307. The largest absolute Gasteiger partial charge is 0.388 e. The number of alkyl halides is 2. The molecular weight excluding hydrogens is 168 g/mol. The van der Waals surface area contributed by atoms with Crippen molar-refractivity contribution in [2.24, 2.45) is 0 Å². The van der Waals surface area contributed by atoms with Gasteiger partial charge in [-0.3, -0.25) is 0 Å². The minimum Gasteiger partial charge on any atom is -0.388 e. The third kappa shape index (κ3) is 2.66. The smallest absolute Gasteiger partial charge is 0.140 e. The monoisotopic (exact) mass is 181 g/mol. The average Bonchev–Trinajstić information content (AvgIpc) is 2.47. The summed E-state index contributed by atoms with van der Waals surface area (Å²) in [5, 5.41) is 11.6. The van der Waals surface area contributed by atoms with Gasteiger partial charge in [-0.1, -0.05) is 0 Å². The number of rotatable bonds is 4. The molecule has 3 nitrogen and oxygen atoms in total. The molecule has 1 saturated heterocycles. The first-order valence-electron chi connectivity index (χ1n) is 3.94. The normalized spacial score (nSPS) is 32.2. The number of nitrogens with one attached hydrogen (secondary N) is 1. The van der Waals surface area contributed by atoms with Gasteiger partial charge in [0, 0.05) is 13.1 Å². The summed E-state index contributed by atoms with van der Waals surface area (Å²) in [6, 6.07) is 0. The van der Waals surface area contributed by atoms with E-state index in [2.05, 4.69) is 5.32 Å². The summed E-state index contributed by atoms with van der Waals surface area (Å²) in [6.07, 6.45) is -2.71. The van der Waals surface area contributed by atoms with Crippen molar-refractivity contribution < 1.29 is 18.6 Å². The van der Waals surface area contributed by atoms with Crippen LogP contribution in [0.5, 0.6) is 0 Å². The van der Waals surface area contributed by atoms with Gasteiger partial charge >= 0.3 is 0 Å². The summed E-state index contributed by atoms with van der Waals surface area (Å²) in [5.74, 6) is 0. The van der Waals surface area contributed by atoms with Gasteiger partial charge in [0.15, 0.2) is 0 Å². The van der Waals surface area contributed by atoms with E-state index in [1.165, 1.54) is 0 Å². The maximum Gasteiger partial charge on any atom is 0.140 e. The fourth-order valence-electron chi connectivity index (χ4n) is 1.07. The molecule has 1 aliphatic heterocycles. The summed E-state index contributed by atoms with van der Waals surface area (Å²) in [4.78, 5) is 0. The van der Waals surface area contributed by atoms with Crippen LogP contribution in [0, 0.1) is 0 Å². The first-order chi connectivity index (χ1) is 5.74. The van der Waals surface area contributed by atoms with Gasteiger partial charge < -0.3 is 15.2 Å². The number of hydrogen-bond acceptors (Lipinski definition) is 3. The van der Waals surface area contributed by atoms with Crippen LogP contribution in [0.4, 0.5) is 8.78 Å². The highest BCUT2D eigenvalue weighted by Crippen LogP contribution is 2.08. The van der Waals surface area contributed by atoms with E-state index in [0.717, 1.165) is 0 Å². The highest BCUT2D eigenvalue weighted by molar-refractivity contribution is 4.81. The molecule has 0 radical (unpaired) electrons. The van der Waals surface area contributed by atoms with Crippen LogP contribution in [0.15, 0.2) is 0 Å². The van der Waals surface area contributed by atoms with Gasteiger partial charge in [0.2, 0.25) is 0 Å². The maximum atomic E-state index is 12.8. The van der Waals surface area contributed by atoms with Crippen molar-refractivity contribution in [3.63, 3.8) is 0 Å². The Bertz CT molecular complexity index is 137. The first kappa shape index (κ1) is 9.83. The van der Waals surface area contributed by atoms with E-state index in [1.54, 1.807) is 0 Å². The standard InChI is InChI=1S/C7H13F2NO2/c8-1-5(11)4-12-7-3-10-2-6(7)9/h5-7,10-11H,1-4H2. The van der Waals surface area contributed by atoms with Crippen LogP contribution in [0.1, 0.15) is 0 Å². The lowest BCUT2D eigenvalue weighted by Gasteiger charge is -2.14. The third-order valence-corrected chi connectivity index (χ3v) is 1.77. The Morgan fingerprint density at radius 1 is 1.58 bits per heavy atom. The number of hydrogen-bond donors (Lipinski definition) is 2. The summed E-state index contributed by atoms with van der Waals surface area (Å²) in [6.45, 7) is -0.281. The Kier molecular flexibility index (Phi) is 3.84. The van der Waals surface area contributed by atoms with E-state index < -0.39 is 25.1 Å². The van der Waals surface area contributed by atoms with Crippen LogP contribution < -0.4 is 5.32 Å². The SMILES string of the molecule is OC(CF)COC1CNCC1F. The van der Waals surface area contributed by atoms with Crippen molar-refractivity contribution >= 4 is 0 Å². The van der Waals surface area contributed by atoms with Crippen LogP contribution in [-0.2, 0) is 4.74 Å². The molecule has 2 N–H and O–H groups in total. The Hall–Kier alpha value is -0.260. The molecule has 0 aliphatic carbocycles. The summed E-state index contributed by atoms with van der Waals surface area (Å²) < 4.78 is 29.4. The number of aliphatic hydroxyl groups is 1. The Morgan fingerprint density at radius 3 is 2.83 bits per heavy atom. The molecule has 0 bridgehead atoms. The maximum absolute atomic E-state index is 12.8. The van der Waals surface area contributed by atoms with Crippen molar-refractivity contribution in [1.82, 2.24) is 5.32 Å². The third-order valence-electron chi connectivity index (χ3n) is 1.77. The lowest BCUT2D eigenvalue weighted by atomic mass is 10.3. The first-order valence-corrected chi connectivity index (χ1v) is 3.94. The van der Waals surface area contributed by atoms with E-state index in [9.17, 15) is 8.78 Å². The molecule has 3 atom stereocenters. The van der Waals surface area contributed by atoms with E-state index in [0.29, 0.717) is 6.54 Å². The molecular formula is C7H13F2NO2. The zero-order chi connectivity index (χ0) is 8.97. The van der Waals surface area contributed by atoms with Crippen LogP contribution in [0.3, 0.4) is 0 Å². The van der Waals surface area contributed by atoms with Crippen LogP contribution in [-0.4, -0.2) is 49.9 Å². The molecule has 1 rings (SSSR count). The molecule has 1 aliphatic rings. The molecule has 0 aromatic heterocycles. The van der Waals surface area contributed by atoms with E-state index >= 15 is 0 Å². The summed E-state index contributed by atoms with van der Waals surface area (Å²) >= 11 is 0. The minimum atomic E-state index is -1.13. The molecule has 0 spiro atoms. The molecule has 72 valence electrons. The predicted octanol–water partition coefficient (Wildman–Crippen LogP) is -0.357. The van der Waals surface area contributed by atoms with Crippen molar-refractivity contribution in [2.75, 3.05) is 26.4 Å².